The first-order chi connectivity index (χ1) is 25.2. The standard InChI is InChI=1S/C29H37.C14H12.C10H15.2ClH.Zr/c1-21-14-13-15-22-20-27(6)25(4)18-10-9-16-23(25,2)24(3)17-11-12-19-26(24,5)29(27,8)28(21,22)7;1-12-7-9-14(10-8-12)11-13-5-3-2-4-6-13;1-8-5-6-9(7-8)10(2,3)4;;;/h9-20,22H,1-8H3;2-10H,1H3;6-8H,1-4H3;2*1H;/q-1;;-1;;;+2/p-2. The number of allylic oxidation sites excluding steroid dienone is 16. The molecule has 3 heteroatoms. The first kappa shape index (κ1) is 46.4. The molecule has 2 aromatic rings. The van der Waals surface area contributed by atoms with Gasteiger partial charge in [0.05, 0.1) is 0 Å². The van der Waals surface area contributed by atoms with Crippen LogP contribution in [0.1, 0.15) is 99.8 Å². The van der Waals surface area contributed by atoms with Gasteiger partial charge in [0, 0.05) is 10.8 Å². The van der Waals surface area contributed by atoms with Gasteiger partial charge in [0.15, 0.2) is 0 Å². The van der Waals surface area contributed by atoms with Gasteiger partial charge in [0.25, 0.3) is 0 Å². The van der Waals surface area contributed by atoms with Crippen LogP contribution in [0.25, 0.3) is 0 Å². The second-order valence-electron chi connectivity index (χ2n) is 19.3. The molecule has 0 saturated heterocycles. The quantitative estimate of drug-likeness (QED) is 0.272. The molecule has 9 unspecified atom stereocenters. The summed E-state index contributed by atoms with van der Waals surface area (Å²) in [7, 11) is 0. The molecule has 2 aromatic carbocycles. The maximum Gasteiger partial charge on any atom is -1.00 e. The van der Waals surface area contributed by atoms with E-state index in [1.165, 1.54) is 55.3 Å². The summed E-state index contributed by atoms with van der Waals surface area (Å²) in [6.07, 6.45) is 36.9. The van der Waals surface area contributed by atoms with Crippen molar-refractivity contribution in [2.24, 2.45) is 55.2 Å². The van der Waals surface area contributed by atoms with Crippen molar-refractivity contribution >= 4 is 3.21 Å². The molecular formula is C53H64Cl2Zr-2. The normalized spacial score (nSPS) is 37.8. The summed E-state index contributed by atoms with van der Waals surface area (Å²) in [4.78, 5) is 0. The average molecular weight is 863 g/mol. The first-order valence-electron chi connectivity index (χ1n) is 20.2. The van der Waals surface area contributed by atoms with Crippen LogP contribution in [0.5, 0.6) is 0 Å². The molecule has 8 rings (SSSR count). The molecule has 0 amide bonds. The number of benzene rings is 2. The Hall–Kier alpha value is -2.31. The van der Waals surface area contributed by atoms with E-state index in [4.69, 9.17) is 0 Å². The second-order valence-corrected chi connectivity index (χ2v) is 20.5. The van der Waals surface area contributed by atoms with Crippen molar-refractivity contribution in [1.82, 2.24) is 0 Å². The molecule has 0 aromatic heterocycles. The molecule has 56 heavy (non-hydrogen) atoms. The van der Waals surface area contributed by atoms with Gasteiger partial charge in [-0.05, 0) is 28.6 Å². The molecular weight excluding hydrogens is 799 g/mol. The van der Waals surface area contributed by atoms with Gasteiger partial charge in [-0.25, -0.2) is 6.08 Å². The Bertz CT molecular complexity index is 2030. The minimum absolute atomic E-state index is 0. The zero-order valence-corrected chi connectivity index (χ0v) is 40.2. The summed E-state index contributed by atoms with van der Waals surface area (Å²) in [5.41, 5.74) is 7.44. The van der Waals surface area contributed by atoms with Crippen LogP contribution < -0.4 is 24.8 Å². The Morgan fingerprint density at radius 1 is 0.679 bits per heavy atom. The number of fused-ring (bicyclic) bond motifs is 8. The summed E-state index contributed by atoms with van der Waals surface area (Å²) < 4.78 is 1.42. The number of aryl methyl sites for hydroxylation is 1. The summed E-state index contributed by atoms with van der Waals surface area (Å²) in [5, 5.41) is 0. The van der Waals surface area contributed by atoms with Gasteiger partial charge in [-0.15, -0.1) is 17.4 Å². The first-order valence-corrected chi connectivity index (χ1v) is 21.4. The molecule has 2 fully saturated rings. The van der Waals surface area contributed by atoms with Gasteiger partial charge in [0.2, 0.25) is 0 Å². The van der Waals surface area contributed by atoms with Crippen LogP contribution in [0, 0.1) is 74.6 Å². The van der Waals surface area contributed by atoms with Gasteiger partial charge in [0.1, 0.15) is 0 Å². The maximum absolute atomic E-state index is 3.26. The number of halogens is 2. The van der Waals surface area contributed by atoms with Gasteiger partial charge in [-0.1, -0.05) is 154 Å². The van der Waals surface area contributed by atoms with E-state index >= 15 is 0 Å². The summed E-state index contributed by atoms with van der Waals surface area (Å²) >= 11 is 1.46. The Kier molecular flexibility index (Phi) is 13.3. The van der Waals surface area contributed by atoms with Gasteiger partial charge < -0.3 is 31.2 Å². The molecule has 296 valence electrons. The molecule has 6 aliphatic carbocycles. The van der Waals surface area contributed by atoms with Crippen LogP contribution in [-0.4, -0.2) is 3.21 Å². The monoisotopic (exact) mass is 860 g/mol. The van der Waals surface area contributed by atoms with E-state index in [-0.39, 0.29) is 62.7 Å². The third kappa shape index (κ3) is 6.52. The Balaban J connectivity index is 0.000000216. The van der Waals surface area contributed by atoms with Gasteiger partial charge in [-0.2, -0.15) is 11.6 Å². The van der Waals surface area contributed by atoms with Crippen LogP contribution in [0.4, 0.5) is 0 Å². The number of rotatable bonds is 2. The third-order valence-electron chi connectivity index (χ3n) is 16.2. The topological polar surface area (TPSA) is 0 Å². The van der Waals surface area contributed by atoms with Crippen LogP contribution in [0.3, 0.4) is 0 Å². The molecule has 0 N–H and O–H groups in total. The van der Waals surface area contributed by atoms with Crippen molar-refractivity contribution in [2.75, 3.05) is 0 Å². The molecule has 6 aliphatic rings. The predicted octanol–water partition coefficient (Wildman–Crippen LogP) is 7.73. The van der Waals surface area contributed by atoms with E-state index in [1.54, 1.807) is 0 Å². The van der Waals surface area contributed by atoms with Gasteiger partial charge >= 0.3 is 106 Å². The van der Waals surface area contributed by atoms with E-state index in [2.05, 4.69) is 236 Å². The SMILES string of the molecule is CC1=CC=CC2[CH-]C3(C)C4(C)C=CC=CC4(C)C4(C)C=CC=CC4(C)C3(C)C12C.CC1[C-]=CC(C(C)(C)C)=C1.Cc1ccc([C](=[Zr+2])c2ccccc2)cc1.[Cl-].[Cl-]. The molecule has 9 atom stereocenters. The van der Waals surface area contributed by atoms with E-state index in [0.29, 0.717) is 17.3 Å². The summed E-state index contributed by atoms with van der Waals surface area (Å²) in [5.74, 6) is 0.982. The molecule has 0 spiro atoms. The third-order valence-corrected chi connectivity index (χ3v) is 17.7. The predicted molar refractivity (Wildman–Crippen MR) is 229 cm³/mol. The zero-order chi connectivity index (χ0) is 39.6. The smallest absolute Gasteiger partial charge is 1.00 e. The second kappa shape index (κ2) is 16.0. The largest absolute Gasteiger partial charge is 1.00 e. The van der Waals surface area contributed by atoms with Crippen molar-refractivity contribution in [3.63, 3.8) is 0 Å². The van der Waals surface area contributed by atoms with E-state index in [1.807, 2.05) is 0 Å². The molecule has 2 saturated carbocycles. The Morgan fingerprint density at radius 3 is 1.68 bits per heavy atom. The van der Waals surface area contributed by atoms with E-state index in [9.17, 15) is 0 Å². The molecule has 0 bridgehead atoms. The molecule has 0 nitrogen and oxygen atoms in total. The van der Waals surface area contributed by atoms with E-state index in [0.717, 1.165) is 0 Å². The minimum atomic E-state index is 0. The van der Waals surface area contributed by atoms with Crippen molar-refractivity contribution in [3.8, 4) is 0 Å². The maximum atomic E-state index is 3.26. The van der Waals surface area contributed by atoms with Crippen molar-refractivity contribution in [2.45, 2.75) is 90.0 Å². The van der Waals surface area contributed by atoms with Crippen LogP contribution in [-0.2, 0) is 24.2 Å². The zero-order valence-electron chi connectivity index (χ0n) is 36.2. The van der Waals surface area contributed by atoms with Crippen molar-refractivity contribution in [1.29, 1.82) is 0 Å². The van der Waals surface area contributed by atoms with Gasteiger partial charge in [-0.3, -0.25) is 6.08 Å². The Morgan fingerprint density at radius 2 is 1.18 bits per heavy atom. The van der Waals surface area contributed by atoms with Crippen LogP contribution in [0.15, 0.2) is 145 Å². The fourth-order valence-corrected chi connectivity index (χ4v) is 12.6. The van der Waals surface area contributed by atoms with Crippen molar-refractivity contribution in [3.05, 3.63) is 174 Å². The summed E-state index contributed by atoms with van der Waals surface area (Å²) in [6, 6.07) is 19.3. The van der Waals surface area contributed by atoms with Crippen LogP contribution in [0.2, 0.25) is 0 Å². The van der Waals surface area contributed by atoms with E-state index < -0.39 is 0 Å². The fraction of sp³-hybridized carbons (Fsp3) is 0.434. The van der Waals surface area contributed by atoms with Crippen LogP contribution >= 0.6 is 0 Å². The Labute approximate surface area is 368 Å². The summed E-state index contributed by atoms with van der Waals surface area (Å²) in [6.45, 7) is 31.3. The fourth-order valence-electron chi connectivity index (χ4n) is 11.8. The molecule has 0 heterocycles. The number of hydrogen-bond donors (Lipinski definition) is 0. The minimum Gasteiger partial charge on any atom is -1.00 e. The molecule has 0 radical (unpaired) electrons. The average Bonchev–Trinajstić information content (AvgIpc) is 3.67. The van der Waals surface area contributed by atoms with Crippen molar-refractivity contribution < 1.29 is 49.0 Å². The number of hydrogen-bond acceptors (Lipinski definition) is 0. The molecule has 0 aliphatic heterocycles.